The number of imidazole rings is 1. The van der Waals surface area contributed by atoms with Gasteiger partial charge in [-0.3, -0.25) is 13.9 Å². The number of aromatic nitrogens is 2. The maximum absolute atomic E-state index is 12.3. The van der Waals surface area contributed by atoms with Crippen LogP contribution in [0.5, 0.6) is 0 Å². The van der Waals surface area contributed by atoms with Gasteiger partial charge >= 0.3 is 5.69 Å². The number of nitrogens with one attached hydrogen (secondary N) is 1. The maximum atomic E-state index is 12.3. The van der Waals surface area contributed by atoms with E-state index < -0.39 is 0 Å². The molecule has 0 radical (unpaired) electrons. The van der Waals surface area contributed by atoms with Gasteiger partial charge in [0.2, 0.25) is 5.91 Å². The van der Waals surface area contributed by atoms with Gasteiger partial charge in [-0.15, -0.1) is 0 Å². The molecule has 0 aliphatic rings. The molecular weight excluding hydrogens is 290 g/mol. The van der Waals surface area contributed by atoms with Crippen molar-refractivity contribution in [1.82, 2.24) is 14.5 Å². The van der Waals surface area contributed by atoms with Crippen molar-refractivity contribution in [2.45, 2.75) is 19.5 Å². The van der Waals surface area contributed by atoms with Crippen molar-refractivity contribution >= 4 is 16.9 Å². The molecule has 0 fully saturated rings. The molecule has 2 aromatic carbocycles. The van der Waals surface area contributed by atoms with Crippen molar-refractivity contribution in [2.75, 3.05) is 0 Å². The van der Waals surface area contributed by atoms with Crippen molar-refractivity contribution in [1.29, 1.82) is 0 Å². The summed E-state index contributed by atoms with van der Waals surface area (Å²) in [5.41, 5.74) is 2.43. The summed E-state index contributed by atoms with van der Waals surface area (Å²) in [7, 11) is 1.71. The number of para-hydroxylation sites is 2. The molecule has 1 N–H and O–H groups in total. The largest absolute Gasteiger partial charge is 0.348 e. The average molecular weight is 309 g/mol. The van der Waals surface area contributed by atoms with E-state index in [0.29, 0.717) is 0 Å². The highest BCUT2D eigenvalue weighted by atomic mass is 16.2. The first-order valence-corrected chi connectivity index (χ1v) is 7.56. The molecule has 0 aliphatic heterocycles. The molecule has 1 unspecified atom stereocenters. The van der Waals surface area contributed by atoms with Gasteiger partial charge in [0.15, 0.2) is 0 Å². The van der Waals surface area contributed by atoms with Crippen molar-refractivity contribution in [2.24, 2.45) is 7.05 Å². The molecule has 1 heterocycles. The number of amides is 1. The second-order valence-electron chi connectivity index (χ2n) is 5.62. The number of nitrogens with zero attached hydrogens (tertiary/aromatic N) is 2. The summed E-state index contributed by atoms with van der Waals surface area (Å²) in [5, 5.41) is 2.94. The van der Waals surface area contributed by atoms with Gasteiger partial charge in [0, 0.05) is 7.05 Å². The third-order valence-corrected chi connectivity index (χ3v) is 4.03. The third-order valence-electron chi connectivity index (χ3n) is 4.03. The molecule has 0 bridgehead atoms. The number of hydrogen-bond donors (Lipinski definition) is 1. The van der Waals surface area contributed by atoms with Crippen molar-refractivity contribution < 1.29 is 4.79 Å². The first-order valence-electron chi connectivity index (χ1n) is 7.56. The lowest BCUT2D eigenvalue weighted by atomic mass is 10.1. The minimum absolute atomic E-state index is 0.0113. The fourth-order valence-electron chi connectivity index (χ4n) is 2.77. The van der Waals surface area contributed by atoms with E-state index in [0.717, 1.165) is 16.6 Å². The Hall–Kier alpha value is -2.82. The number of fused-ring (bicyclic) bond motifs is 1. The van der Waals surface area contributed by atoms with E-state index >= 15 is 0 Å². The second-order valence-corrected chi connectivity index (χ2v) is 5.62. The van der Waals surface area contributed by atoms with Gasteiger partial charge in [-0.05, 0) is 24.6 Å². The summed E-state index contributed by atoms with van der Waals surface area (Å²) in [6.45, 7) is 1.94. The zero-order valence-electron chi connectivity index (χ0n) is 13.2. The van der Waals surface area contributed by atoms with Crippen LogP contribution >= 0.6 is 0 Å². The topological polar surface area (TPSA) is 56.0 Å². The zero-order valence-corrected chi connectivity index (χ0v) is 13.2. The smallest absolute Gasteiger partial charge is 0.329 e. The molecule has 3 aromatic rings. The molecule has 1 aromatic heterocycles. The molecule has 5 nitrogen and oxygen atoms in total. The van der Waals surface area contributed by atoms with Crippen molar-refractivity contribution in [3.8, 4) is 0 Å². The molecular formula is C18H19N3O2. The first-order chi connectivity index (χ1) is 11.1. The Kier molecular flexibility index (Phi) is 4.02. The van der Waals surface area contributed by atoms with Gasteiger partial charge in [0.1, 0.15) is 6.54 Å². The van der Waals surface area contributed by atoms with Crippen molar-refractivity contribution in [3.05, 3.63) is 70.6 Å². The summed E-state index contributed by atoms with van der Waals surface area (Å²) in [5.74, 6) is -0.181. The lowest BCUT2D eigenvalue weighted by molar-refractivity contribution is -0.122. The van der Waals surface area contributed by atoms with E-state index in [-0.39, 0.29) is 24.2 Å². The Morgan fingerprint density at radius 2 is 1.65 bits per heavy atom. The number of carbonyl (C=O) groups is 1. The standard InChI is InChI=1S/C18H19N3O2/c1-13(14-8-4-3-5-9-14)19-17(22)12-21-16-11-7-6-10-15(16)20(2)18(21)23/h3-11,13H,12H2,1-2H3,(H,19,22). The van der Waals surface area contributed by atoms with Crippen LogP contribution in [0.1, 0.15) is 18.5 Å². The Morgan fingerprint density at radius 3 is 2.35 bits per heavy atom. The van der Waals surface area contributed by atoms with Crippen LogP contribution in [-0.2, 0) is 18.4 Å². The lowest BCUT2D eigenvalue weighted by Crippen LogP contribution is -2.34. The number of aryl methyl sites for hydroxylation is 1. The summed E-state index contributed by atoms with van der Waals surface area (Å²) in [4.78, 5) is 24.6. The van der Waals surface area contributed by atoms with E-state index in [2.05, 4.69) is 5.32 Å². The quantitative estimate of drug-likeness (QED) is 0.803. The SMILES string of the molecule is CC(NC(=O)Cn1c(=O)n(C)c2ccccc21)c1ccccc1. The van der Waals surface area contributed by atoms with Gasteiger partial charge in [0.25, 0.3) is 0 Å². The Balaban J connectivity index is 1.81. The van der Waals surface area contributed by atoms with Crippen LogP contribution in [0.4, 0.5) is 0 Å². The summed E-state index contributed by atoms with van der Waals surface area (Å²) in [6, 6.07) is 17.1. The molecule has 3 rings (SSSR count). The minimum Gasteiger partial charge on any atom is -0.348 e. The van der Waals surface area contributed by atoms with E-state index in [1.54, 1.807) is 11.6 Å². The second kappa shape index (κ2) is 6.12. The predicted molar refractivity (Wildman–Crippen MR) is 90.2 cm³/mol. The van der Waals surface area contributed by atoms with Gasteiger partial charge in [-0.2, -0.15) is 0 Å². The minimum atomic E-state index is -0.186. The fourth-order valence-corrected chi connectivity index (χ4v) is 2.77. The lowest BCUT2D eigenvalue weighted by Gasteiger charge is -2.14. The van der Waals surface area contributed by atoms with Gasteiger partial charge in [-0.1, -0.05) is 42.5 Å². The normalized spacial score (nSPS) is 12.3. The first kappa shape index (κ1) is 15.1. The molecule has 5 heteroatoms. The number of benzene rings is 2. The van der Waals surface area contributed by atoms with Gasteiger partial charge in [-0.25, -0.2) is 4.79 Å². The van der Waals surface area contributed by atoms with Crippen LogP contribution in [-0.4, -0.2) is 15.0 Å². The average Bonchev–Trinajstić information content (AvgIpc) is 2.81. The molecule has 0 spiro atoms. The van der Waals surface area contributed by atoms with Crippen LogP contribution in [0.3, 0.4) is 0 Å². The number of carbonyl (C=O) groups excluding carboxylic acids is 1. The van der Waals surface area contributed by atoms with E-state index in [1.807, 2.05) is 61.5 Å². The molecule has 118 valence electrons. The van der Waals surface area contributed by atoms with E-state index in [9.17, 15) is 9.59 Å². The predicted octanol–water partition coefficient (Wildman–Crippen LogP) is 2.22. The summed E-state index contributed by atoms with van der Waals surface area (Å²) in [6.07, 6.45) is 0. The van der Waals surface area contributed by atoms with Crippen LogP contribution in [0.2, 0.25) is 0 Å². The zero-order chi connectivity index (χ0) is 16.4. The Labute approximate surface area is 134 Å². The van der Waals surface area contributed by atoms with Crippen molar-refractivity contribution in [3.63, 3.8) is 0 Å². The molecule has 0 saturated carbocycles. The molecule has 1 amide bonds. The maximum Gasteiger partial charge on any atom is 0.329 e. The van der Waals surface area contributed by atoms with Gasteiger partial charge in [0.05, 0.1) is 17.1 Å². The van der Waals surface area contributed by atoms with E-state index in [1.165, 1.54) is 4.57 Å². The monoisotopic (exact) mass is 309 g/mol. The Morgan fingerprint density at radius 1 is 1.04 bits per heavy atom. The van der Waals surface area contributed by atoms with Crippen LogP contribution in [0, 0.1) is 0 Å². The molecule has 0 aliphatic carbocycles. The number of hydrogen-bond acceptors (Lipinski definition) is 2. The summed E-state index contributed by atoms with van der Waals surface area (Å²) < 4.78 is 3.06. The summed E-state index contributed by atoms with van der Waals surface area (Å²) >= 11 is 0. The fraction of sp³-hybridized carbons (Fsp3) is 0.222. The molecule has 1 atom stereocenters. The number of rotatable bonds is 4. The highest BCUT2D eigenvalue weighted by Gasteiger charge is 2.15. The van der Waals surface area contributed by atoms with Crippen LogP contribution in [0.15, 0.2) is 59.4 Å². The third kappa shape index (κ3) is 2.90. The van der Waals surface area contributed by atoms with E-state index in [4.69, 9.17) is 0 Å². The highest BCUT2D eigenvalue weighted by molar-refractivity contribution is 5.81. The highest BCUT2D eigenvalue weighted by Crippen LogP contribution is 2.13. The van der Waals surface area contributed by atoms with Crippen LogP contribution in [0.25, 0.3) is 11.0 Å². The van der Waals surface area contributed by atoms with Gasteiger partial charge < -0.3 is 5.32 Å². The van der Waals surface area contributed by atoms with Crippen LogP contribution < -0.4 is 11.0 Å². The molecule has 23 heavy (non-hydrogen) atoms. The molecule has 0 saturated heterocycles. The Bertz CT molecular complexity index is 894.